The first kappa shape index (κ1) is 12.3. The van der Waals surface area contributed by atoms with Crippen LogP contribution < -0.4 is 0 Å². The van der Waals surface area contributed by atoms with Crippen LogP contribution in [0.3, 0.4) is 0 Å². The van der Waals surface area contributed by atoms with E-state index >= 15 is 0 Å². The number of carbonyl (C=O) groups excluding carboxylic acids is 1. The smallest absolute Gasteiger partial charge is 0.253 e. The molecule has 1 aromatic carbocycles. The van der Waals surface area contributed by atoms with E-state index in [0.717, 1.165) is 17.7 Å². The van der Waals surface area contributed by atoms with Crippen LogP contribution in [0.15, 0.2) is 54.7 Å². The number of benzene rings is 1. The highest BCUT2D eigenvalue weighted by atomic mass is 16.2. The minimum absolute atomic E-state index is 0.0477. The van der Waals surface area contributed by atoms with E-state index in [0.29, 0.717) is 6.54 Å². The molecule has 0 aliphatic heterocycles. The molecule has 1 heterocycles. The van der Waals surface area contributed by atoms with Crippen molar-refractivity contribution in [2.24, 2.45) is 0 Å². The fourth-order valence-corrected chi connectivity index (χ4v) is 1.73. The van der Waals surface area contributed by atoms with Crippen molar-refractivity contribution in [1.82, 2.24) is 9.88 Å². The van der Waals surface area contributed by atoms with Crippen molar-refractivity contribution >= 4 is 5.91 Å². The number of hydrogen-bond donors (Lipinski definition) is 0. The molecule has 1 amide bonds. The van der Waals surface area contributed by atoms with Gasteiger partial charge in [0, 0.05) is 37.5 Å². The summed E-state index contributed by atoms with van der Waals surface area (Å²) in [6.45, 7) is 0.671. The van der Waals surface area contributed by atoms with Gasteiger partial charge in [0.15, 0.2) is 0 Å². The molecule has 2 rings (SSSR count). The summed E-state index contributed by atoms with van der Waals surface area (Å²) in [5.74, 6) is 0.0477. The zero-order valence-electron chi connectivity index (χ0n) is 10.4. The van der Waals surface area contributed by atoms with Gasteiger partial charge in [0.05, 0.1) is 0 Å². The molecule has 18 heavy (non-hydrogen) atoms. The van der Waals surface area contributed by atoms with Crippen molar-refractivity contribution in [2.75, 3.05) is 13.6 Å². The van der Waals surface area contributed by atoms with E-state index in [2.05, 4.69) is 4.98 Å². The summed E-state index contributed by atoms with van der Waals surface area (Å²) in [6, 6.07) is 15.1. The van der Waals surface area contributed by atoms with Crippen LogP contribution in [-0.4, -0.2) is 29.4 Å². The standard InChI is InChI=1S/C15H16N2O/c1-17(12-10-14-9-5-6-11-16-14)15(18)13-7-3-2-4-8-13/h2-9,11H,10,12H2,1H3. The highest BCUT2D eigenvalue weighted by molar-refractivity contribution is 5.93. The molecule has 0 N–H and O–H groups in total. The summed E-state index contributed by atoms with van der Waals surface area (Å²) in [7, 11) is 1.82. The van der Waals surface area contributed by atoms with Crippen LogP contribution in [0, 0.1) is 0 Å². The van der Waals surface area contributed by atoms with Crippen molar-refractivity contribution < 1.29 is 4.79 Å². The Bertz CT molecular complexity index is 496. The van der Waals surface area contributed by atoms with Gasteiger partial charge in [0.1, 0.15) is 0 Å². The average Bonchev–Trinajstić information content (AvgIpc) is 2.46. The molecular formula is C15H16N2O. The van der Waals surface area contributed by atoms with Gasteiger partial charge in [-0.2, -0.15) is 0 Å². The first-order valence-electron chi connectivity index (χ1n) is 5.98. The van der Waals surface area contributed by atoms with Gasteiger partial charge < -0.3 is 4.90 Å². The van der Waals surface area contributed by atoms with Gasteiger partial charge >= 0.3 is 0 Å². The minimum Gasteiger partial charge on any atom is -0.341 e. The van der Waals surface area contributed by atoms with E-state index in [4.69, 9.17) is 0 Å². The summed E-state index contributed by atoms with van der Waals surface area (Å²) in [4.78, 5) is 18.0. The SMILES string of the molecule is CN(CCc1ccccn1)C(=O)c1ccccc1. The molecule has 0 saturated carbocycles. The molecule has 0 atom stereocenters. The largest absolute Gasteiger partial charge is 0.341 e. The lowest BCUT2D eigenvalue weighted by molar-refractivity contribution is 0.0796. The first-order chi connectivity index (χ1) is 8.77. The Labute approximate surface area is 107 Å². The predicted molar refractivity (Wildman–Crippen MR) is 71.3 cm³/mol. The van der Waals surface area contributed by atoms with Crippen molar-refractivity contribution in [3.8, 4) is 0 Å². The lowest BCUT2D eigenvalue weighted by atomic mass is 10.2. The summed E-state index contributed by atoms with van der Waals surface area (Å²) in [6.07, 6.45) is 2.55. The summed E-state index contributed by atoms with van der Waals surface area (Å²) < 4.78 is 0. The predicted octanol–water partition coefficient (Wildman–Crippen LogP) is 2.40. The maximum atomic E-state index is 12.1. The Morgan fingerprint density at radius 3 is 2.50 bits per heavy atom. The van der Waals surface area contributed by atoms with Crippen LogP contribution in [0.2, 0.25) is 0 Å². The molecule has 0 spiro atoms. The fourth-order valence-electron chi connectivity index (χ4n) is 1.73. The van der Waals surface area contributed by atoms with Crippen LogP contribution in [0.1, 0.15) is 16.1 Å². The Morgan fingerprint density at radius 2 is 1.83 bits per heavy atom. The van der Waals surface area contributed by atoms with Crippen molar-refractivity contribution in [1.29, 1.82) is 0 Å². The van der Waals surface area contributed by atoms with E-state index in [1.165, 1.54) is 0 Å². The Hall–Kier alpha value is -2.16. The number of hydrogen-bond acceptors (Lipinski definition) is 2. The van der Waals surface area contributed by atoms with E-state index in [1.54, 1.807) is 11.1 Å². The van der Waals surface area contributed by atoms with Crippen LogP contribution in [0.4, 0.5) is 0 Å². The summed E-state index contributed by atoms with van der Waals surface area (Å²) in [5.41, 5.74) is 1.73. The number of rotatable bonds is 4. The molecule has 3 nitrogen and oxygen atoms in total. The maximum absolute atomic E-state index is 12.1. The molecule has 0 saturated heterocycles. The number of likely N-dealkylation sites (N-methyl/N-ethyl adjacent to an activating group) is 1. The van der Waals surface area contributed by atoms with Gasteiger partial charge in [-0.15, -0.1) is 0 Å². The van der Waals surface area contributed by atoms with Crippen molar-refractivity contribution in [3.63, 3.8) is 0 Å². The molecule has 3 heteroatoms. The number of nitrogens with zero attached hydrogens (tertiary/aromatic N) is 2. The summed E-state index contributed by atoms with van der Waals surface area (Å²) >= 11 is 0. The molecule has 0 unspecified atom stereocenters. The second-order valence-corrected chi connectivity index (χ2v) is 4.16. The monoisotopic (exact) mass is 240 g/mol. The second-order valence-electron chi connectivity index (χ2n) is 4.16. The molecular weight excluding hydrogens is 224 g/mol. The fraction of sp³-hybridized carbons (Fsp3) is 0.200. The molecule has 2 aromatic rings. The van der Waals surface area contributed by atoms with E-state index in [-0.39, 0.29) is 5.91 Å². The van der Waals surface area contributed by atoms with E-state index < -0.39 is 0 Å². The van der Waals surface area contributed by atoms with Crippen LogP contribution >= 0.6 is 0 Å². The van der Waals surface area contributed by atoms with Crippen molar-refractivity contribution in [3.05, 3.63) is 66.0 Å². The maximum Gasteiger partial charge on any atom is 0.253 e. The van der Waals surface area contributed by atoms with E-state index in [1.807, 2.05) is 55.6 Å². The van der Waals surface area contributed by atoms with Gasteiger partial charge in [-0.1, -0.05) is 24.3 Å². The van der Waals surface area contributed by atoms with Crippen LogP contribution in [0.5, 0.6) is 0 Å². The topological polar surface area (TPSA) is 33.2 Å². The van der Waals surface area contributed by atoms with Gasteiger partial charge in [-0.05, 0) is 24.3 Å². The first-order valence-corrected chi connectivity index (χ1v) is 5.98. The molecule has 92 valence electrons. The molecule has 1 aromatic heterocycles. The highest BCUT2D eigenvalue weighted by Gasteiger charge is 2.10. The normalized spacial score (nSPS) is 10.1. The molecule has 0 bridgehead atoms. The zero-order chi connectivity index (χ0) is 12.8. The zero-order valence-corrected chi connectivity index (χ0v) is 10.4. The third-order valence-electron chi connectivity index (χ3n) is 2.80. The lowest BCUT2D eigenvalue weighted by Crippen LogP contribution is -2.28. The third kappa shape index (κ3) is 3.17. The number of carbonyl (C=O) groups is 1. The minimum atomic E-state index is 0.0477. The van der Waals surface area contributed by atoms with Gasteiger partial charge in [-0.3, -0.25) is 9.78 Å². The Balaban J connectivity index is 1.93. The number of pyridine rings is 1. The molecule has 0 aliphatic rings. The van der Waals surface area contributed by atoms with Crippen LogP contribution in [0.25, 0.3) is 0 Å². The lowest BCUT2D eigenvalue weighted by Gasteiger charge is -2.16. The third-order valence-corrected chi connectivity index (χ3v) is 2.80. The number of amides is 1. The van der Waals surface area contributed by atoms with Crippen molar-refractivity contribution in [2.45, 2.75) is 6.42 Å². The summed E-state index contributed by atoms with van der Waals surface area (Å²) in [5, 5.41) is 0. The van der Waals surface area contributed by atoms with Crippen LogP contribution in [-0.2, 0) is 6.42 Å². The van der Waals surface area contributed by atoms with Gasteiger partial charge in [0.2, 0.25) is 0 Å². The van der Waals surface area contributed by atoms with Gasteiger partial charge in [0.25, 0.3) is 5.91 Å². The highest BCUT2D eigenvalue weighted by Crippen LogP contribution is 2.04. The molecule has 0 fully saturated rings. The Morgan fingerprint density at radius 1 is 1.11 bits per heavy atom. The molecule has 0 aliphatic carbocycles. The Kier molecular flexibility index (Phi) is 4.07. The number of aromatic nitrogens is 1. The van der Waals surface area contributed by atoms with Gasteiger partial charge in [-0.25, -0.2) is 0 Å². The molecule has 0 radical (unpaired) electrons. The quantitative estimate of drug-likeness (QED) is 0.822. The average molecular weight is 240 g/mol. The second kappa shape index (κ2) is 5.96. The van der Waals surface area contributed by atoms with E-state index in [9.17, 15) is 4.79 Å².